The fourth-order valence-corrected chi connectivity index (χ4v) is 3.44. The first-order valence-electron chi connectivity index (χ1n) is 9.69. The first kappa shape index (κ1) is 20.8. The van der Waals surface area contributed by atoms with Crippen molar-refractivity contribution < 1.29 is 14.3 Å². The lowest BCUT2D eigenvalue weighted by Crippen LogP contribution is -2.40. The van der Waals surface area contributed by atoms with Crippen molar-refractivity contribution in [1.29, 1.82) is 0 Å². The van der Waals surface area contributed by atoms with E-state index < -0.39 is 0 Å². The van der Waals surface area contributed by atoms with Crippen LogP contribution in [-0.2, 0) is 0 Å². The second-order valence-electron chi connectivity index (χ2n) is 6.61. The predicted octanol–water partition coefficient (Wildman–Crippen LogP) is 3.99. The van der Waals surface area contributed by atoms with Crippen LogP contribution >= 0.6 is 11.6 Å². The molecule has 2 rings (SSSR count). The van der Waals surface area contributed by atoms with Crippen molar-refractivity contribution in [3.8, 4) is 11.5 Å². The number of likely N-dealkylation sites (tertiary alicyclic amines) is 1. The van der Waals surface area contributed by atoms with Crippen LogP contribution in [0, 0.1) is 5.92 Å². The van der Waals surface area contributed by atoms with Crippen molar-refractivity contribution in [3.05, 3.63) is 22.7 Å². The molecular formula is C20H31ClN2O3. The third-order valence-electron chi connectivity index (χ3n) is 4.59. The molecule has 1 N–H and O–H groups in total. The van der Waals surface area contributed by atoms with Crippen molar-refractivity contribution in [2.45, 2.75) is 40.0 Å². The van der Waals surface area contributed by atoms with Crippen LogP contribution in [0.25, 0.3) is 0 Å². The molecule has 0 aliphatic carbocycles. The van der Waals surface area contributed by atoms with Gasteiger partial charge in [-0.05, 0) is 57.3 Å². The molecular weight excluding hydrogens is 352 g/mol. The number of ether oxygens (including phenoxy) is 2. The maximum atomic E-state index is 12.9. The number of carbonyl (C=O) groups excluding carboxylic acids is 1. The summed E-state index contributed by atoms with van der Waals surface area (Å²) in [5, 5.41) is 3.82. The molecule has 1 aromatic rings. The largest absolute Gasteiger partial charge is 0.490 e. The molecule has 1 fully saturated rings. The molecule has 0 bridgehead atoms. The molecule has 0 unspecified atom stereocenters. The van der Waals surface area contributed by atoms with Gasteiger partial charge < -0.3 is 19.7 Å². The molecule has 6 heteroatoms. The molecule has 1 saturated heterocycles. The van der Waals surface area contributed by atoms with Crippen molar-refractivity contribution in [2.75, 3.05) is 39.4 Å². The molecule has 0 saturated carbocycles. The lowest BCUT2D eigenvalue weighted by atomic mass is 9.96. The maximum Gasteiger partial charge on any atom is 0.254 e. The minimum atomic E-state index is 0.0109. The number of nitrogens with one attached hydrogen (secondary N) is 1. The molecule has 0 radical (unpaired) electrons. The Morgan fingerprint density at radius 3 is 2.58 bits per heavy atom. The third-order valence-corrected chi connectivity index (χ3v) is 4.87. The number of carbonyl (C=O) groups is 1. The SMILES string of the molecule is CCCOc1c(Cl)cc(C(=O)N2CCC(CNCC)CC2)cc1OCC. The smallest absolute Gasteiger partial charge is 0.254 e. The number of hydrogen-bond acceptors (Lipinski definition) is 4. The molecule has 1 amide bonds. The Kier molecular flexibility index (Phi) is 8.52. The van der Waals surface area contributed by atoms with Gasteiger partial charge in [0, 0.05) is 18.7 Å². The molecule has 0 spiro atoms. The molecule has 0 aromatic heterocycles. The van der Waals surface area contributed by atoms with Gasteiger partial charge in [-0.15, -0.1) is 0 Å². The van der Waals surface area contributed by atoms with Gasteiger partial charge in [0.2, 0.25) is 0 Å². The number of nitrogens with zero attached hydrogens (tertiary/aromatic N) is 1. The number of amides is 1. The summed E-state index contributed by atoms with van der Waals surface area (Å²) in [5.41, 5.74) is 0.562. The Labute approximate surface area is 162 Å². The minimum Gasteiger partial charge on any atom is -0.490 e. The van der Waals surface area contributed by atoms with E-state index in [9.17, 15) is 4.79 Å². The highest BCUT2D eigenvalue weighted by atomic mass is 35.5. The van der Waals surface area contributed by atoms with E-state index in [1.165, 1.54) is 0 Å². The zero-order chi connectivity index (χ0) is 18.9. The number of hydrogen-bond donors (Lipinski definition) is 1. The second-order valence-corrected chi connectivity index (χ2v) is 7.02. The average molecular weight is 383 g/mol. The van der Waals surface area contributed by atoms with Gasteiger partial charge in [0.15, 0.2) is 11.5 Å². The quantitative estimate of drug-likeness (QED) is 0.701. The molecule has 1 aromatic carbocycles. The molecule has 146 valence electrons. The topological polar surface area (TPSA) is 50.8 Å². The van der Waals surface area contributed by atoms with Crippen LogP contribution in [0.2, 0.25) is 5.02 Å². The highest BCUT2D eigenvalue weighted by Crippen LogP contribution is 2.37. The number of rotatable bonds is 9. The van der Waals surface area contributed by atoms with Gasteiger partial charge >= 0.3 is 0 Å². The standard InChI is InChI=1S/C20H31ClN2O3/c1-4-11-26-19-17(21)12-16(13-18(19)25-6-3)20(24)23-9-7-15(8-10-23)14-22-5-2/h12-13,15,22H,4-11,14H2,1-3H3. The third kappa shape index (κ3) is 5.52. The van der Waals surface area contributed by atoms with Crippen molar-refractivity contribution in [3.63, 3.8) is 0 Å². The van der Waals surface area contributed by atoms with E-state index in [0.717, 1.165) is 45.4 Å². The Morgan fingerprint density at radius 2 is 1.96 bits per heavy atom. The van der Waals surface area contributed by atoms with Crippen LogP contribution in [0.4, 0.5) is 0 Å². The lowest BCUT2D eigenvalue weighted by Gasteiger charge is -2.32. The van der Waals surface area contributed by atoms with Gasteiger partial charge in [-0.2, -0.15) is 0 Å². The van der Waals surface area contributed by atoms with E-state index in [-0.39, 0.29) is 5.91 Å². The summed E-state index contributed by atoms with van der Waals surface area (Å²) in [4.78, 5) is 14.8. The van der Waals surface area contributed by atoms with Crippen molar-refractivity contribution in [1.82, 2.24) is 10.2 Å². The summed E-state index contributed by atoms with van der Waals surface area (Å²) in [6.07, 6.45) is 2.94. The molecule has 26 heavy (non-hydrogen) atoms. The fraction of sp³-hybridized carbons (Fsp3) is 0.650. The zero-order valence-electron chi connectivity index (χ0n) is 16.1. The number of benzene rings is 1. The van der Waals surface area contributed by atoms with E-state index in [1.807, 2.05) is 18.7 Å². The van der Waals surface area contributed by atoms with Crippen molar-refractivity contribution >= 4 is 17.5 Å². The van der Waals surface area contributed by atoms with Crippen LogP contribution in [-0.4, -0.2) is 50.2 Å². The van der Waals surface area contributed by atoms with Crippen LogP contribution in [0.3, 0.4) is 0 Å². The van der Waals surface area contributed by atoms with E-state index in [2.05, 4.69) is 12.2 Å². The van der Waals surface area contributed by atoms with E-state index >= 15 is 0 Å². The minimum absolute atomic E-state index is 0.0109. The first-order valence-corrected chi connectivity index (χ1v) is 10.1. The van der Waals surface area contributed by atoms with Gasteiger partial charge in [0.25, 0.3) is 5.91 Å². The predicted molar refractivity (Wildman–Crippen MR) is 106 cm³/mol. The fourth-order valence-electron chi connectivity index (χ4n) is 3.17. The number of piperidine rings is 1. The van der Waals surface area contributed by atoms with Crippen molar-refractivity contribution in [2.24, 2.45) is 5.92 Å². The van der Waals surface area contributed by atoms with Gasteiger partial charge in [-0.1, -0.05) is 25.4 Å². The van der Waals surface area contributed by atoms with E-state index in [4.69, 9.17) is 21.1 Å². The monoisotopic (exact) mass is 382 g/mol. The van der Waals surface area contributed by atoms with Crippen LogP contribution in [0.15, 0.2) is 12.1 Å². The van der Waals surface area contributed by atoms with E-state index in [0.29, 0.717) is 41.2 Å². The van der Waals surface area contributed by atoms with Crippen LogP contribution < -0.4 is 14.8 Å². The lowest BCUT2D eigenvalue weighted by molar-refractivity contribution is 0.0689. The van der Waals surface area contributed by atoms with Gasteiger partial charge in [0.1, 0.15) is 0 Å². The molecule has 0 atom stereocenters. The maximum absolute atomic E-state index is 12.9. The Hall–Kier alpha value is -1.46. The van der Waals surface area contributed by atoms with Crippen LogP contribution in [0.5, 0.6) is 11.5 Å². The number of halogens is 1. The van der Waals surface area contributed by atoms with Gasteiger partial charge in [-0.25, -0.2) is 0 Å². The summed E-state index contributed by atoms with van der Waals surface area (Å²) < 4.78 is 11.4. The highest BCUT2D eigenvalue weighted by molar-refractivity contribution is 6.32. The first-order chi connectivity index (χ1) is 12.6. The second kappa shape index (κ2) is 10.6. The van der Waals surface area contributed by atoms with Crippen LogP contribution in [0.1, 0.15) is 50.4 Å². The van der Waals surface area contributed by atoms with Gasteiger partial charge in [0.05, 0.1) is 18.2 Å². The molecule has 1 heterocycles. The summed E-state index contributed by atoms with van der Waals surface area (Å²) in [6.45, 7) is 10.7. The highest BCUT2D eigenvalue weighted by Gasteiger charge is 2.25. The summed E-state index contributed by atoms with van der Waals surface area (Å²) in [6, 6.07) is 3.45. The van der Waals surface area contributed by atoms with Gasteiger partial charge in [-0.3, -0.25) is 4.79 Å². The average Bonchev–Trinajstić information content (AvgIpc) is 2.65. The normalized spacial score (nSPS) is 15.2. The summed E-state index contributed by atoms with van der Waals surface area (Å²) in [7, 11) is 0. The Morgan fingerprint density at radius 1 is 1.23 bits per heavy atom. The molecule has 1 aliphatic rings. The Balaban J connectivity index is 2.09. The molecule has 5 nitrogen and oxygen atoms in total. The summed E-state index contributed by atoms with van der Waals surface area (Å²) in [5.74, 6) is 1.72. The van der Waals surface area contributed by atoms with E-state index in [1.54, 1.807) is 12.1 Å². The Bertz CT molecular complexity index is 587. The zero-order valence-corrected chi connectivity index (χ0v) is 16.9. The molecule has 1 aliphatic heterocycles. The summed E-state index contributed by atoms with van der Waals surface area (Å²) >= 11 is 6.39.